The van der Waals surface area contributed by atoms with E-state index in [0.717, 1.165) is 5.75 Å². The lowest BCUT2D eigenvalue weighted by Gasteiger charge is -2.13. The summed E-state index contributed by atoms with van der Waals surface area (Å²) in [6.07, 6.45) is 0.626. The molecule has 0 aliphatic rings. The first kappa shape index (κ1) is 15.3. The smallest absolute Gasteiger partial charge is 0.171 e. The summed E-state index contributed by atoms with van der Waals surface area (Å²) in [5.41, 5.74) is 1.18. The van der Waals surface area contributed by atoms with Crippen LogP contribution in [0, 0.1) is 0 Å². The molecule has 1 nitrogen and oxygen atoms in total. The molecule has 2 heteroatoms. The van der Waals surface area contributed by atoms with E-state index in [9.17, 15) is 0 Å². The molecule has 0 amide bonds. The van der Waals surface area contributed by atoms with Crippen molar-refractivity contribution in [2.24, 2.45) is 0 Å². The summed E-state index contributed by atoms with van der Waals surface area (Å²) in [5, 5.41) is 8.35. The van der Waals surface area contributed by atoms with E-state index in [4.69, 9.17) is 17.0 Å². The Kier molecular flexibility index (Phi) is 3.58. The standard InChI is InChI=1S/C24H16OS/c26-22(25-21-7-2-1-3-8-21)15-16-13-19-11-9-17-5-4-6-18-10-12-20(14-16)24(19)23(17)18/h1-14H,15H2. The number of rotatable bonds is 3. The lowest BCUT2D eigenvalue weighted by molar-refractivity contribution is 0.553. The molecule has 5 rings (SSSR count). The quantitative estimate of drug-likeness (QED) is 0.269. The summed E-state index contributed by atoms with van der Waals surface area (Å²) >= 11 is 5.47. The van der Waals surface area contributed by atoms with Gasteiger partial charge in [0.2, 0.25) is 0 Å². The van der Waals surface area contributed by atoms with E-state index in [2.05, 4.69) is 54.6 Å². The largest absolute Gasteiger partial charge is 0.450 e. The molecule has 0 fully saturated rings. The third kappa shape index (κ3) is 2.59. The Hall–Kier alpha value is -2.97. The fourth-order valence-electron chi connectivity index (χ4n) is 3.74. The molecule has 124 valence electrons. The first-order chi connectivity index (χ1) is 12.8. The highest BCUT2D eigenvalue weighted by Gasteiger charge is 2.10. The van der Waals surface area contributed by atoms with Gasteiger partial charge in [-0.15, -0.1) is 0 Å². The van der Waals surface area contributed by atoms with Gasteiger partial charge in [0, 0.05) is 6.42 Å². The van der Waals surface area contributed by atoms with E-state index in [0.29, 0.717) is 11.5 Å². The summed E-state index contributed by atoms with van der Waals surface area (Å²) in [6.45, 7) is 0. The Morgan fingerprint density at radius 3 is 1.88 bits per heavy atom. The summed E-state index contributed by atoms with van der Waals surface area (Å²) in [6, 6.07) is 29.5. The fourth-order valence-corrected chi connectivity index (χ4v) is 4.01. The first-order valence-corrected chi connectivity index (χ1v) is 9.11. The van der Waals surface area contributed by atoms with Gasteiger partial charge in [0.05, 0.1) is 0 Å². The second kappa shape index (κ2) is 6.08. The van der Waals surface area contributed by atoms with Crippen LogP contribution >= 0.6 is 12.2 Å². The Labute approximate surface area is 157 Å². The van der Waals surface area contributed by atoms with Crippen LogP contribution in [0.4, 0.5) is 0 Å². The maximum absolute atomic E-state index is 5.80. The minimum atomic E-state index is 0.587. The van der Waals surface area contributed by atoms with Gasteiger partial charge in [-0.1, -0.05) is 72.8 Å². The SMILES string of the molecule is S=C(Cc1cc2ccc3cccc4ccc(c1)c2c34)Oc1ccccc1. The van der Waals surface area contributed by atoms with Crippen LogP contribution in [0.15, 0.2) is 84.9 Å². The van der Waals surface area contributed by atoms with Crippen molar-refractivity contribution in [3.8, 4) is 5.75 Å². The number of benzene rings is 5. The van der Waals surface area contributed by atoms with Crippen molar-refractivity contribution in [3.05, 3.63) is 90.5 Å². The summed E-state index contributed by atoms with van der Waals surface area (Å²) < 4.78 is 5.80. The molecule has 5 aromatic rings. The average molecular weight is 352 g/mol. The molecule has 26 heavy (non-hydrogen) atoms. The molecule has 0 saturated heterocycles. The van der Waals surface area contributed by atoms with Crippen LogP contribution < -0.4 is 4.74 Å². The third-order valence-corrected chi connectivity index (χ3v) is 5.07. The van der Waals surface area contributed by atoms with Crippen LogP contribution in [-0.2, 0) is 6.42 Å². The van der Waals surface area contributed by atoms with Gasteiger partial charge in [-0.3, -0.25) is 0 Å². The van der Waals surface area contributed by atoms with Crippen LogP contribution in [0.25, 0.3) is 32.3 Å². The maximum Gasteiger partial charge on any atom is 0.171 e. The number of para-hydroxylation sites is 1. The van der Waals surface area contributed by atoms with Crippen LogP contribution in [0.1, 0.15) is 5.56 Å². The first-order valence-electron chi connectivity index (χ1n) is 8.70. The Morgan fingerprint density at radius 2 is 1.23 bits per heavy atom. The van der Waals surface area contributed by atoms with Crippen LogP contribution in [0.5, 0.6) is 5.75 Å². The normalized spacial score (nSPS) is 11.4. The van der Waals surface area contributed by atoms with Gasteiger partial charge in [0.25, 0.3) is 0 Å². The molecule has 0 aromatic heterocycles. The zero-order valence-electron chi connectivity index (χ0n) is 14.1. The molecule has 0 N–H and O–H groups in total. The summed E-state index contributed by atoms with van der Waals surface area (Å²) in [4.78, 5) is 0. The molecular formula is C24H16OS. The van der Waals surface area contributed by atoms with Gasteiger partial charge < -0.3 is 4.74 Å². The molecule has 0 unspecified atom stereocenters. The van der Waals surface area contributed by atoms with E-state index in [-0.39, 0.29) is 0 Å². The van der Waals surface area contributed by atoms with Crippen molar-refractivity contribution < 1.29 is 4.74 Å². The van der Waals surface area contributed by atoms with E-state index in [1.54, 1.807) is 0 Å². The summed E-state index contributed by atoms with van der Waals surface area (Å²) in [7, 11) is 0. The Bertz CT molecular complexity index is 1180. The average Bonchev–Trinajstić information content (AvgIpc) is 2.66. The minimum Gasteiger partial charge on any atom is -0.450 e. The van der Waals surface area contributed by atoms with Crippen molar-refractivity contribution in [3.63, 3.8) is 0 Å². The predicted octanol–water partition coefficient (Wildman–Crippen LogP) is 6.53. The molecule has 0 heterocycles. The molecule has 0 bridgehead atoms. The fraction of sp³-hybridized carbons (Fsp3) is 0.0417. The molecule has 0 aliphatic carbocycles. The molecule has 0 spiro atoms. The zero-order valence-corrected chi connectivity index (χ0v) is 14.9. The molecule has 0 aliphatic heterocycles. The van der Waals surface area contributed by atoms with E-state index in [1.165, 1.54) is 37.9 Å². The highest BCUT2D eigenvalue weighted by atomic mass is 32.1. The molecule has 0 atom stereocenters. The Balaban J connectivity index is 1.56. The van der Waals surface area contributed by atoms with Crippen molar-refractivity contribution in [2.45, 2.75) is 6.42 Å². The number of hydrogen-bond acceptors (Lipinski definition) is 2. The van der Waals surface area contributed by atoms with Gasteiger partial charge in [-0.05, 0) is 62.2 Å². The topological polar surface area (TPSA) is 9.23 Å². The van der Waals surface area contributed by atoms with Crippen molar-refractivity contribution in [1.82, 2.24) is 0 Å². The van der Waals surface area contributed by atoms with Gasteiger partial charge in [-0.2, -0.15) is 0 Å². The molecular weight excluding hydrogens is 336 g/mol. The lowest BCUT2D eigenvalue weighted by atomic mass is 9.92. The van der Waals surface area contributed by atoms with Gasteiger partial charge >= 0.3 is 0 Å². The van der Waals surface area contributed by atoms with E-state index in [1.807, 2.05) is 30.3 Å². The molecule has 0 saturated carbocycles. The number of hydrogen-bond donors (Lipinski definition) is 0. The van der Waals surface area contributed by atoms with Gasteiger partial charge in [0.1, 0.15) is 5.75 Å². The van der Waals surface area contributed by atoms with E-state index >= 15 is 0 Å². The maximum atomic E-state index is 5.80. The van der Waals surface area contributed by atoms with E-state index < -0.39 is 0 Å². The highest BCUT2D eigenvalue weighted by molar-refractivity contribution is 7.80. The number of ether oxygens (including phenoxy) is 1. The third-order valence-electron chi connectivity index (χ3n) is 4.85. The van der Waals surface area contributed by atoms with Crippen LogP contribution in [-0.4, -0.2) is 5.05 Å². The van der Waals surface area contributed by atoms with Crippen LogP contribution in [0.3, 0.4) is 0 Å². The second-order valence-corrected chi connectivity index (χ2v) is 7.05. The minimum absolute atomic E-state index is 0.587. The van der Waals surface area contributed by atoms with Crippen LogP contribution in [0.2, 0.25) is 0 Å². The van der Waals surface area contributed by atoms with Crippen molar-refractivity contribution >= 4 is 49.6 Å². The van der Waals surface area contributed by atoms with Crippen molar-refractivity contribution in [2.75, 3.05) is 0 Å². The molecule has 0 radical (unpaired) electrons. The zero-order chi connectivity index (χ0) is 17.5. The predicted molar refractivity (Wildman–Crippen MR) is 114 cm³/mol. The highest BCUT2D eigenvalue weighted by Crippen LogP contribution is 2.35. The van der Waals surface area contributed by atoms with Crippen molar-refractivity contribution in [1.29, 1.82) is 0 Å². The Morgan fingerprint density at radius 1 is 0.654 bits per heavy atom. The second-order valence-electron chi connectivity index (χ2n) is 6.59. The molecule has 5 aromatic carbocycles. The summed E-state index contributed by atoms with van der Waals surface area (Å²) in [5.74, 6) is 0.787. The van der Waals surface area contributed by atoms with Gasteiger partial charge in [-0.25, -0.2) is 0 Å². The number of thiocarbonyl (C=S) groups is 1. The van der Waals surface area contributed by atoms with Gasteiger partial charge in [0.15, 0.2) is 5.05 Å². The lowest BCUT2D eigenvalue weighted by Crippen LogP contribution is -2.08. The monoisotopic (exact) mass is 352 g/mol.